The number of hydrogen-bond donors (Lipinski definition) is 1. The Bertz CT molecular complexity index is 1520. The lowest BCUT2D eigenvalue weighted by atomic mass is 10.1. The summed E-state index contributed by atoms with van der Waals surface area (Å²) in [5.74, 6) is 0.0528. The third-order valence-corrected chi connectivity index (χ3v) is 6.79. The van der Waals surface area contributed by atoms with Crippen molar-refractivity contribution in [1.29, 1.82) is 0 Å². The molecule has 2 N–H and O–H groups in total. The van der Waals surface area contributed by atoms with Crippen molar-refractivity contribution >= 4 is 23.4 Å². The van der Waals surface area contributed by atoms with Gasteiger partial charge in [-0.05, 0) is 25.0 Å². The van der Waals surface area contributed by atoms with E-state index in [-0.39, 0.29) is 23.7 Å². The predicted octanol–water partition coefficient (Wildman–Crippen LogP) is 3.13. The van der Waals surface area contributed by atoms with Gasteiger partial charge in [-0.2, -0.15) is 0 Å². The van der Waals surface area contributed by atoms with E-state index < -0.39 is 17.0 Å². The number of Topliss-reactive ketones (excluding diaryl/α,β-unsaturated/α-hetero) is 1. The number of aromatic nitrogens is 5. The fourth-order valence-electron chi connectivity index (χ4n) is 3.98. The molecule has 186 valence electrons. The predicted molar refractivity (Wildman–Crippen MR) is 141 cm³/mol. The van der Waals surface area contributed by atoms with Crippen LogP contribution in [-0.4, -0.2) is 35.4 Å². The fourth-order valence-corrected chi connectivity index (χ4v) is 4.82. The second-order valence-electron chi connectivity index (χ2n) is 8.52. The molecule has 4 aromatic rings. The van der Waals surface area contributed by atoms with Crippen LogP contribution >= 0.6 is 11.8 Å². The number of nitrogens with two attached hydrogens (primary N) is 1. The van der Waals surface area contributed by atoms with E-state index in [1.54, 1.807) is 0 Å². The molecule has 2 aromatic carbocycles. The third kappa shape index (κ3) is 5.03. The number of rotatable bonds is 9. The molecule has 2 aromatic heterocycles. The molecule has 0 radical (unpaired) electrons. The van der Waals surface area contributed by atoms with E-state index in [9.17, 15) is 14.4 Å². The van der Waals surface area contributed by atoms with Gasteiger partial charge in [0.15, 0.2) is 16.8 Å². The number of hydrogen-bond acceptors (Lipinski definition) is 7. The van der Waals surface area contributed by atoms with E-state index in [4.69, 9.17) is 5.73 Å². The van der Waals surface area contributed by atoms with Gasteiger partial charge in [0, 0.05) is 19.2 Å². The van der Waals surface area contributed by atoms with Gasteiger partial charge in [0.25, 0.3) is 5.56 Å². The van der Waals surface area contributed by atoms with Gasteiger partial charge in [0.05, 0.1) is 12.3 Å². The summed E-state index contributed by atoms with van der Waals surface area (Å²) < 4.78 is 4.15. The molecule has 0 aliphatic rings. The Labute approximate surface area is 212 Å². The number of thioether (sulfide) groups is 1. The first-order valence-electron chi connectivity index (χ1n) is 11.6. The first-order chi connectivity index (χ1) is 17.3. The van der Waals surface area contributed by atoms with Crippen LogP contribution in [0, 0.1) is 6.92 Å². The summed E-state index contributed by atoms with van der Waals surface area (Å²) in [4.78, 5) is 38.9. The average Bonchev–Trinajstić information content (AvgIpc) is 3.27. The monoisotopic (exact) mass is 504 g/mol. The van der Waals surface area contributed by atoms with Crippen molar-refractivity contribution in [3.8, 4) is 11.4 Å². The van der Waals surface area contributed by atoms with Crippen LogP contribution in [0.15, 0.2) is 69.3 Å². The van der Waals surface area contributed by atoms with Crippen molar-refractivity contribution < 1.29 is 4.79 Å². The lowest BCUT2D eigenvalue weighted by Crippen LogP contribution is -2.43. The van der Waals surface area contributed by atoms with Crippen molar-refractivity contribution in [2.24, 2.45) is 7.05 Å². The van der Waals surface area contributed by atoms with Crippen molar-refractivity contribution in [2.75, 3.05) is 11.5 Å². The molecule has 0 spiro atoms. The topological polar surface area (TPSA) is 118 Å². The molecule has 0 fully saturated rings. The normalized spacial score (nSPS) is 11.1. The molecular formula is C26H28N6O3S. The molecule has 10 heteroatoms. The maximum Gasteiger partial charge on any atom is 0.332 e. The van der Waals surface area contributed by atoms with Gasteiger partial charge >= 0.3 is 5.69 Å². The minimum Gasteiger partial charge on any atom is -0.384 e. The molecule has 4 rings (SSSR count). The van der Waals surface area contributed by atoms with Gasteiger partial charge < -0.3 is 10.3 Å². The van der Waals surface area contributed by atoms with E-state index in [1.165, 1.54) is 23.4 Å². The SMILES string of the molecule is CCCn1c(SCC(=O)c2c(N)n(Cc3ccccc3)c(=O)n(C)c2=O)nnc1-c1cccc(C)c1. The van der Waals surface area contributed by atoms with Gasteiger partial charge in [0.1, 0.15) is 11.4 Å². The number of anilines is 1. The highest BCUT2D eigenvalue weighted by Gasteiger charge is 2.23. The molecule has 0 unspecified atom stereocenters. The van der Waals surface area contributed by atoms with Crippen LogP contribution in [0.2, 0.25) is 0 Å². The molecule has 2 heterocycles. The van der Waals surface area contributed by atoms with E-state index in [1.807, 2.05) is 66.1 Å². The van der Waals surface area contributed by atoms with Crippen LogP contribution < -0.4 is 17.0 Å². The number of carbonyl (C=O) groups excluding carboxylic acids is 1. The Hall–Kier alpha value is -3.92. The minimum absolute atomic E-state index is 0.0708. The Morgan fingerprint density at radius 2 is 1.78 bits per heavy atom. The highest BCUT2D eigenvalue weighted by atomic mass is 32.2. The molecule has 0 saturated heterocycles. The number of ketones is 1. The van der Waals surface area contributed by atoms with Gasteiger partial charge in [-0.3, -0.25) is 18.7 Å². The molecule has 0 amide bonds. The van der Waals surface area contributed by atoms with E-state index in [0.29, 0.717) is 11.7 Å². The lowest BCUT2D eigenvalue weighted by molar-refractivity contribution is 0.102. The molecule has 0 atom stereocenters. The van der Waals surface area contributed by atoms with Crippen molar-refractivity contribution in [1.82, 2.24) is 23.9 Å². The van der Waals surface area contributed by atoms with Crippen LogP contribution in [0.4, 0.5) is 5.82 Å². The number of benzene rings is 2. The lowest BCUT2D eigenvalue weighted by Gasteiger charge is -2.15. The summed E-state index contributed by atoms with van der Waals surface area (Å²) in [5, 5.41) is 9.25. The second-order valence-corrected chi connectivity index (χ2v) is 9.46. The number of nitrogen functional groups attached to an aromatic ring is 1. The zero-order valence-electron chi connectivity index (χ0n) is 20.5. The highest BCUT2D eigenvalue weighted by Crippen LogP contribution is 2.26. The molecule has 0 aliphatic carbocycles. The zero-order chi connectivity index (χ0) is 25.8. The summed E-state index contributed by atoms with van der Waals surface area (Å²) in [7, 11) is 1.35. The van der Waals surface area contributed by atoms with Crippen molar-refractivity contribution in [2.45, 2.75) is 38.5 Å². The Kier molecular flexibility index (Phi) is 7.54. The molecule has 0 saturated carbocycles. The Morgan fingerprint density at radius 3 is 2.47 bits per heavy atom. The molecule has 9 nitrogen and oxygen atoms in total. The number of nitrogens with zero attached hydrogens (tertiary/aromatic N) is 5. The smallest absolute Gasteiger partial charge is 0.332 e. The van der Waals surface area contributed by atoms with Crippen molar-refractivity contribution in [3.63, 3.8) is 0 Å². The summed E-state index contributed by atoms with van der Waals surface area (Å²) >= 11 is 1.20. The largest absolute Gasteiger partial charge is 0.384 e. The van der Waals surface area contributed by atoms with E-state index in [0.717, 1.165) is 33.5 Å². The average molecular weight is 505 g/mol. The Morgan fingerprint density at radius 1 is 1.03 bits per heavy atom. The van der Waals surface area contributed by atoms with Crippen LogP contribution in [0.1, 0.15) is 34.8 Å². The maximum atomic E-state index is 13.2. The highest BCUT2D eigenvalue weighted by molar-refractivity contribution is 7.99. The van der Waals surface area contributed by atoms with Gasteiger partial charge in [-0.25, -0.2) is 4.79 Å². The quantitative estimate of drug-likeness (QED) is 0.275. The van der Waals surface area contributed by atoms with Gasteiger partial charge in [-0.15, -0.1) is 10.2 Å². The van der Waals surface area contributed by atoms with E-state index >= 15 is 0 Å². The first-order valence-corrected chi connectivity index (χ1v) is 12.6. The molecule has 0 aliphatic heterocycles. The number of carbonyl (C=O) groups is 1. The summed E-state index contributed by atoms with van der Waals surface area (Å²) in [5.41, 5.74) is 7.64. The van der Waals surface area contributed by atoms with Crippen LogP contribution in [0.3, 0.4) is 0 Å². The minimum atomic E-state index is -0.706. The van der Waals surface area contributed by atoms with Gasteiger partial charge in [-0.1, -0.05) is 72.8 Å². The van der Waals surface area contributed by atoms with Crippen LogP contribution in [-0.2, 0) is 20.1 Å². The fraction of sp³-hybridized carbons (Fsp3) is 0.269. The summed E-state index contributed by atoms with van der Waals surface area (Å²) in [6, 6.07) is 17.2. The van der Waals surface area contributed by atoms with Crippen LogP contribution in [0.25, 0.3) is 11.4 Å². The van der Waals surface area contributed by atoms with Crippen molar-refractivity contribution in [3.05, 3.63) is 92.1 Å². The molecule has 36 heavy (non-hydrogen) atoms. The molecule has 0 bridgehead atoms. The second kappa shape index (κ2) is 10.8. The zero-order valence-corrected chi connectivity index (χ0v) is 21.3. The maximum absolute atomic E-state index is 13.2. The summed E-state index contributed by atoms with van der Waals surface area (Å²) in [6.45, 7) is 4.90. The standard InChI is InChI=1S/C26H28N6O3S/c1-4-13-31-23(19-12-8-9-17(2)14-19)28-29-25(31)36-16-20(33)21-22(27)32(26(35)30(3)24(21)34)15-18-10-6-5-7-11-18/h5-12,14H,4,13,15-16,27H2,1-3H3. The number of aryl methyl sites for hydroxylation is 1. The Balaban J connectivity index is 1.64. The molecular weight excluding hydrogens is 476 g/mol. The third-order valence-electron chi connectivity index (χ3n) is 5.82. The van der Waals surface area contributed by atoms with Crippen LogP contribution in [0.5, 0.6) is 0 Å². The van der Waals surface area contributed by atoms with E-state index in [2.05, 4.69) is 17.1 Å². The van der Waals surface area contributed by atoms with Gasteiger partial charge in [0.2, 0.25) is 0 Å². The summed E-state index contributed by atoms with van der Waals surface area (Å²) in [6.07, 6.45) is 0.857. The first kappa shape index (κ1) is 25.2.